The van der Waals surface area contributed by atoms with Crippen molar-refractivity contribution in [1.29, 1.82) is 0 Å². The van der Waals surface area contributed by atoms with E-state index in [0.29, 0.717) is 25.0 Å². The van der Waals surface area contributed by atoms with Crippen molar-refractivity contribution in [3.63, 3.8) is 0 Å². The van der Waals surface area contributed by atoms with E-state index in [1.54, 1.807) is 7.11 Å². The monoisotopic (exact) mass is 244 g/mol. The number of aromatic nitrogens is 1. The van der Waals surface area contributed by atoms with E-state index in [4.69, 9.17) is 21.1 Å². The molecule has 0 aliphatic rings. The van der Waals surface area contributed by atoms with Gasteiger partial charge in [-0.1, -0.05) is 6.07 Å². The molecule has 1 aromatic rings. The first-order chi connectivity index (χ1) is 7.80. The van der Waals surface area contributed by atoms with Gasteiger partial charge in [0.1, 0.15) is 5.82 Å². The number of anilines is 1. The van der Waals surface area contributed by atoms with Crippen molar-refractivity contribution in [2.24, 2.45) is 0 Å². The molecular weight excluding hydrogens is 228 g/mol. The van der Waals surface area contributed by atoms with Gasteiger partial charge in [0.2, 0.25) is 5.88 Å². The number of alkyl halides is 1. The molecule has 1 unspecified atom stereocenters. The Morgan fingerprint density at radius 3 is 2.94 bits per heavy atom. The van der Waals surface area contributed by atoms with Gasteiger partial charge < -0.3 is 14.8 Å². The van der Waals surface area contributed by atoms with Crippen LogP contribution in [0.4, 0.5) is 5.82 Å². The summed E-state index contributed by atoms with van der Waals surface area (Å²) >= 11 is 5.80. The topological polar surface area (TPSA) is 43.4 Å². The smallest absolute Gasteiger partial charge is 0.215 e. The van der Waals surface area contributed by atoms with Crippen LogP contribution in [0.2, 0.25) is 0 Å². The van der Waals surface area contributed by atoms with Crippen LogP contribution in [-0.4, -0.2) is 37.2 Å². The maximum Gasteiger partial charge on any atom is 0.215 e. The van der Waals surface area contributed by atoms with Crippen LogP contribution in [0, 0.1) is 0 Å². The van der Waals surface area contributed by atoms with E-state index < -0.39 is 0 Å². The summed E-state index contributed by atoms with van der Waals surface area (Å²) in [7, 11) is 1.64. The Morgan fingerprint density at radius 1 is 1.50 bits per heavy atom. The predicted octanol–water partition coefficient (Wildman–Crippen LogP) is 2.15. The molecule has 0 saturated carbocycles. The number of nitrogens with zero attached hydrogens (tertiary/aromatic N) is 1. The fourth-order valence-electron chi connectivity index (χ4n) is 1.26. The number of nitrogens with one attached hydrogen (secondary N) is 1. The standard InChI is InChI=1S/C11H17ClN2O2/c1-3-16-11-6-4-5-10(14-11)13-9(7-12)8-15-2/h4-6,9H,3,7-8H2,1-2H3,(H,13,14). The number of ether oxygens (including phenoxy) is 2. The Balaban J connectivity index is 2.60. The Morgan fingerprint density at radius 2 is 2.31 bits per heavy atom. The lowest BCUT2D eigenvalue weighted by molar-refractivity contribution is 0.191. The number of hydrogen-bond acceptors (Lipinski definition) is 4. The molecule has 1 rings (SSSR count). The van der Waals surface area contributed by atoms with Gasteiger partial charge in [0, 0.05) is 19.1 Å². The third-order valence-electron chi connectivity index (χ3n) is 1.92. The normalized spacial score (nSPS) is 12.2. The van der Waals surface area contributed by atoms with Crippen LogP contribution in [0.5, 0.6) is 5.88 Å². The maximum atomic E-state index is 5.80. The summed E-state index contributed by atoms with van der Waals surface area (Å²) in [6.07, 6.45) is 0. The molecule has 0 saturated heterocycles. The van der Waals surface area contributed by atoms with Crippen molar-refractivity contribution in [2.75, 3.05) is 31.5 Å². The second-order valence-corrected chi connectivity index (χ2v) is 3.55. The number of pyridine rings is 1. The van der Waals surface area contributed by atoms with Gasteiger partial charge in [-0.2, -0.15) is 4.98 Å². The van der Waals surface area contributed by atoms with Gasteiger partial charge >= 0.3 is 0 Å². The zero-order chi connectivity index (χ0) is 11.8. The summed E-state index contributed by atoms with van der Waals surface area (Å²) in [6, 6.07) is 5.63. The molecule has 0 fully saturated rings. The Hall–Kier alpha value is -1.00. The maximum absolute atomic E-state index is 5.80. The summed E-state index contributed by atoms with van der Waals surface area (Å²) in [4.78, 5) is 4.28. The zero-order valence-electron chi connectivity index (χ0n) is 9.57. The van der Waals surface area contributed by atoms with Gasteiger partial charge in [-0.25, -0.2) is 0 Å². The van der Waals surface area contributed by atoms with Crippen molar-refractivity contribution < 1.29 is 9.47 Å². The van der Waals surface area contributed by atoms with Crippen LogP contribution in [0.1, 0.15) is 6.92 Å². The fourth-order valence-corrected chi connectivity index (χ4v) is 1.42. The highest BCUT2D eigenvalue weighted by atomic mass is 35.5. The van der Waals surface area contributed by atoms with Gasteiger partial charge in [0.15, 0.2) is 0 Å². The molecule has 90 valence electrons. The van der Waals surface area contributed by atoms with Crippen molar-refractivity contribution in [3.8, 4) is 5.88 Å². The van der Waals surface area contributed by atoms with Gasteiger partial charge in [-0.05, 0) is 13.0 Å². The van der Waals surface area contributed by atoms with E-state index in [2.05, 4.69) is 10.3 Å². The minimum Gasteiger partial charge on any atom is -0.478 e. The lowest BCUT2D eigenvalue weighted by Gasteiger charge is -2.15. The molecule has 0 aliphatic carbocycles. The van der Waals surface area contributed by atoms with E-state index in [0.717, 1.165) is 5.82 Å². The summed E-state index contributed by atoms with van der Waals surface area (Å²) in [6.45, 7) is 3.08. The molecule has 1 N–H and O–H groups in total. The lowest BCUT2D eigenvalue weighted by atomic mass is 10.3. The Bertz CT molecular complexity index is 310. The average molecular weight is 245 g/mol. The van der Waals surface area contributed by atoms with Crippen molar-refractivity contribution >= 4 is 17.4 Å². The summed E-state index contributed by atoms with van der Waals surface area (Å²) < 4.78 is 10.3. The van der Waals surface area contributed by atoms with Crippen LogP contribution in [0.25, 0.3) is 0 Å². The van der Waals surface area contributed by atoms with Gasteiger partial charge in [-0.3, -0.25) is 0 Å². The molecule has 0 spiro atoms. The fraction of sp³-hybridized carbons (Fsp3) is 0.545. The molecular formula is C11H17ClN2O2. The van der Waals surface area contributed by atoms with Crippen LogP contribution in [0.15, 0.2) is 18.2 Å². The lowest BCUT2D eigenvalue weighted by Crippen LogP contribution is -2.27. The largest absolute Gasteiger partial charge is 0.478 e. The quantitative estimate of drug-likeness (QED) is 0.747. The molecule has 1 aromatic heterocycles. The molecule has 16 heavy (non-hydrogen) atoms. The highest BCUT2D eigenvalue weighted by Crippen LogP contribution is 2.12. The van der Waals surface area contributed by atoms with Gasteiger partial charge in [-0.15, -0.1) is 11.6 Å². The first kappa shape index (κ1) is 13.1. The molecule has 1 atom stereocenters. The van der Waals surface area contributed by atoms with Crippen LogP contribution in [0.3, 0.4) is 0 Å². The van der Waals surface area contributed by atoms with E-state index >= 15 is 0 Å². The second-order valence-electron chi connectivity index (χ2n) is 3.24. The van der Waals surface area contributed by atoms with Gasteiger partial charge in [0.25, 0.3) is 0 Å². The molecule has 0 aliphatic heterocycles. The van der Waals surface area contributed by atoms with Crippen molar-refractivity contribution in [3.05, 3.63) is 18.2 Å². The summed E-state index contributed by atoms with van der Waals surface area (Å²) in [5.74, 6) is 1.82. The average Bonchev–Trinajstić information content (AvgIpc) is 2.29. The number of rotatable bonds is 7. The molecule has 0 amide bonds. The van der Waals surface area contributed by atoms with E-state index in [1.807, 2.05) is 25.1 Å². The molecule has 1 heterocycles. The third kappa shape index (κ3) is 4.24. The zero-order valence-corrected chi connectivity index (χ0v) is 10.3. The van der Waals surface area contributed by atoms with Crippen LogP contribution < -0.4 is 10.1 Å². The number of methoxy groups -OCH3 is 1. The van der Waals surface area contributed by atoms with Crippen molar-refractivity contribution in [1.82, 2.24) is 4.98 Å². The predicted molar refractivity (Wildman–Crippen MR) is 65.4 cm³/mol. The van der Waals surface area contributed by atoms with Crippen LogP contribution >= 0.6 is 11.6 Å². The van der Waals surface area contributed by atoms with Gasteiger partial charge in [0.05, 0.1) is 19.3 Å². The highest BCUT2D eigenvalue weighted by Gasteiger charge is 2.07. The highest BCUT2D eigenvalue weighted by molar-refractivity contribution is 6.18. The number of hydrogen-bond donors (Lipinski definition) is 1. The molecule has 4 nitrogen and oxygen atoms in total. The molecule has 5 heteroatoms. The molecule has 0 bridgehead atoms. The minimum atomic E-state index is 0.0519. The van der Waals surface area contributed by atoms with Crippen molar-refractivity contribution in [2.45, 2.75) is 13.0 Å². The Kier molecular flexibility index (Phi) is 5.96. The molecule has 0 aromatic carbocycles. The summed E-state index contributed by atoms with van der Waals surface area (Å²) in [5, 5.41) is 3.18. The first-order valence-electron chi connectivity index (χ1n) is 5.21. The second kappa shape index (κ2) is 7.30. The Labute approximate surface area is 101 Å². The first-order valence-corrected chi connectivity index (χ1v) is 5.75. The number of halogens is 1. The SMILES string of the molecule is CCOc1cccc(NC(CCl)COC)n1. The minimum absolute atomic E-state index is 0.0519. The molecule has 0 radical (unpaired) electrons. The van der Waals surface area contributed by atoms with E-state index in [1.165, 1.54) is 0 Å². The third-order valence-corrected chi connectivity index (χ3v) is 2.29. The van der Waals surface area contributed by atoms with E-state index in [-0.39, 0.29) is 6.04 Å². The van der Waals surface area contributed by atoms with E-state index in [9.17, 15) is 0 Å². The van der Waals surface area contributed by atoms with Crippen LogP contribution in [-0.2, 0) is 4.74 Å². The summed E-state index contributed by atoms with van der Waals surface area (Å²) in [5.41, 5.74) is 0.